The van der Waals surface area contributed by atoms with Gasteiger partial charge in [0.25, 0.3) is 0 Å². The third kappa shape index (κ3) is 4.69. The zero-order chi connectivity index (χ0) is 15.9. The lowest BCUT2D eigenvalue weighted by molar-refractivity contribution is -0.117. The first-order valence-corrected chi connectivity index (χ1v) is 8.74. The van der Waals surface area contributed by atoms with Crippen LogP contribution in [-0.4, -0.2) is 41.0 Å². The van der Waals surface area contributed by atoms with Gasteiger partial charge in [0.1, 0.15) is 6.54 Å². The minimum Gasteiger partial charge on any atom is -0.338 e. The summed E-state index contributed by atoms with van der Waals surface area (Å²) < 4.78 is 0. The Bertz CT molecular complexity index is 511. The largest absolute Gasteiger partial charge is 0.338 e. The van der Waals surface area contributed by atoms with Crippen LogP contribution in [0, 0.1) is 6.92 Å². The van der Waals surface area contributed by atoms with Gasteiger partial charge in [0, 0.05) is 18.0 Å². The topological polar surface area (TPSA) is 74.3 Å². The van der Waals surface area contributed by atoms with Crippen molar-refractivity contribution >= 4 is 28.4 Å². The summed E-state index contributed by atoms with van der Waals surface area (Å²) in [4.78, 5) is 30.4. The van der Waals surface area contributed by atoms with E-state index in [4.69, 9.17) is 0 Å². The van der Waals surface area contributed by atoms with Crippen molar-refractivity contribution in [3.8, 4) is 0 Å². The summed E-state index contributed by atoms with van der Waals surface area (Å²) in [5.74, 6) is -0.189. The van der Waals surface area contributed by atoms with E-state index in [2.05, 4.69) is 15.6 Å². The van der Waals surface area contributed by atoms with Crippen molar-refractivity contribution in [1.29, 1.82) is 0 Å². The molecule has 2 N–H and O–H groups in total. The molecule has 1 aromatic heterocycles. The Labute approximate surface area is 135 Å². The summed E-state index contributed by atoms with van der Waals surface area (Å²) in [6.07, 6.45) is 5.40. The number of urea groups is 1. The van der Waals surface area contributed by atoms with E-state index in [9.17, 15) is 9.59 Å². The summed E-state index contributed by atoms with van der Waals surface area (Å²) in [5.41, 5.74) is 0.883. The molecular weight excluding hydrogens is 300 g/mol. The van der Waals surface area contributed by atoms with Gasteiger partial charge in [-0.2, -0.15) is 0 Å². The highest BCUT2D eigenvalue weighted by Crippen LogP contribution is 2.23. The number of aryl methyl sites for hydroxylation is 1. The van der Waals surface area contributed by atoms with Crippen molar-refractivity contribution < 1.29 is 9.59 Å². The molecule has 1 fully saturated rings. The fourth-order valence-corrected chi connectivity index (χ4v) is 3.44. The van der Waals surface area contributed by atoms with E-state index in [0.29, 0.717) is 11.7 Å². The average Bonchev–Trinajstić information content (AvgIpc) is 2.91. The van der Waals surface area contributed by atoms with E-state index in [1.165, 1.54) is 17.8 Å². The summed E-state index contributed by atoms with van der Waals surface area (Å²) in [6.45, 7) is 4.41. The van der Waals surface area contributed by atoms with Crippen molar-refractivity contribution in [2.24, 2.45) is 0 Å². The highest BCUT2D eigenvalue weighted by atomic mass is 32.1. The zero-order valence-corrected chi connectivity index (χ0v) is 14.0. The van der Waals surface area contributed by atoms with Gasteiger partial charge in [0.15, 0.2) is 5.13 Å². The van der Waals surface area contributed by atoms with E-state index in [-0.39, 0.29) is 24.5 Å². The van der Waals surface area contributed by atoms with Crippen molar-refractivity contribution in [1.82, 2.24) is 15.2 Å². The molecule has 6 nitrogen and oxygen atoms in total. The van der Waals surface area contributed by atoms with Crippen LogP contribution in [0.2, 0.25) is 0 Å². The highest BCUT2D eigenvalue weighted by Gasteiger charge is 2.27. The average molecular weight is 324 g/mol. The molecule has 0 unspecified atom stereocenters. The summed E-state index contributed by atoms with van der Waals surface area (Å²) in [6, 6.07) is 0.00366. The van der Waals surface area contributed by atoms with Crippen LogP contribution in [0.4, 0.5) is 9.93 Å². The number of anilines is 1. The van der Waals surface area contributed by atoms with Gasteiger partial charge in [-0.25, -0.2) is 9.78 Å². The summed E-state index contributed by atoms with van der Waals surface area (Å²) in [5, 5.41) is 8.06. The number of nitrogens with one attached hydrogen (secondary N) is 2. The number of nitrogens with zero attached hydrogens (tertiary/aromatic N) is 2. The molecule has 3 amide bonds. The highest BCUT2D eigenvalue weighted by molar-refractivity contribution is 7.13. The first kappa shape index (κ1) is 16.7. The SMILES string of the molecule is CCNC(=O)N(CC(=O)Nc1nc(C)cs1)C1CCCCC1. The maximum absolute atomic E-state index is 12.3. The van der Waals surface area contributed by atoms with E-state index < -0.39 is 0 Å². The molecule has 1 saturated carbocycles. The second-order valence-corrected chi connectivity index (χ2v) is 6.46. The Morgan fingerprint density at radius 2 is 2.09 bits per heavy atom. The van der Waals surface area contributed by atoms with Gasteiger partial charge in [-0.1, -0.05) is 19.3 Å². The van der Waals surface area contributed by atoms with E-state index in [1.807, 2.05) is 19.2 Å². The van der Waals surface area contributed by atoms with Gasteiger partial charge in [-0.15, -0.1) is 11.3 Å². The van der Waals surface area contributed by atoms with Gasteiger partial charge in [0.2, 0.25) is 5.91 Å². The van der Waals surface area contributed by atoms with Crippen molar-refractivity contribution in [3.05, 3.63) is 11.1 Å². The Hall–Kier alpha value is -1.63. The molecule has 122 valence electrons. The predicted molar refractivity (Wildman–Crippen MR) is 88.1 cm³/mol. The third-order valence-corrected chi connectivity index (χ3v) is 4.66. The number of thiazole rings is 1. The first-order chi connectivity index (χ1) is 10.6. The molecule has 1 aromatic rings. The lowest BCUT2D eigenvalue weighted by Crippen LogP contribution is -2.50. The maximum atomic E-state index is 12.3. The Morgan fingerprint density at radius 1 is 1.36 bits per heavy atom. The van der Waals surface area contributed by atoms with Crippen LogP contribution in [-0.2, 0) is 4.79 Å². The number of hydrogen-bond donors (Lipinski definition) is 2. The molecule has 1 heterocycles. The molecule has 0 saturated heterocycles. The number of rotatable bonds is 5. The molecule has 0 radical (unpaired) electrons. The maximum Gasteiger partial charge on any atom is 0.318 e. The molecule has 1 aliphatic rings. The van der Waals surface area contributed by atoms with Crippen LogP contribution in [0.5, 0.6) is 0 Å². The number of amides is 3. The molecule has 0 atom stereocenters. The molecule has 7 heteroatoms. The van der Waals surface area contributed by atoms with Crippen LogP contribution < -0.4 is 10.6 Å². The Balaban J connectivity index is 1.98. The zero-order valence-electron chi connectivity index (χ0n) is 13.2. The molecule has 22 heavy (non-hydrogen) atoms. The molecule has 1 aliphatic carbocycles. The predicted octanol–water partition coefficient (Wildman–Crippen LogP) is 2.75. The fourth-order valence-electron chi connectivity index (χ4n) is 2.74. The van der Waals surface area contributed by atoms with Crippen LogP contribution in [0.25, 0.3) is 0 Å². The van der Waals surface area contributed by atoms with E-state index in [0.717, 1.165) is 31.4 Å². The molecule has 2 rings (SSSR count). The van der Waals surface area contributed by atoms with Gasteiger partial charge in [-0.05, 0) is 26.7 Å². The quantitative estimate of drug-likeness (QED) is 0.874. The Morgan fingerprint density at radius 3 is 2.68 bits per heavy atom. The number of hydrogen-bond acceptors (Lipinski definition) is 4. The summed E-state index contributed by atoms with van der Waals surface area (Å²) in [7, 11) is 0. The minimum absolute atomic E-state index is 0.0785. The molecule has 0 spiro atoms. The smallest absolute Gasteiger partial charge is 0.318 e. The standard InChI is InChI=1S/C15H24N4O2S/c1-3-16-15(21)19(12-7-5-4-6-8-12)9-13(20)18-14-17-11(2)10-22-14/h10,12H,3-9H2,1-2H3,(H,16,21)(H,17,18,20). The van der Waals surface area contributed by atoms with Crippen LogP contribution in [0.15, 0.2) is 5.38 Å². The van der Waals surface area contributed by atoms with Gasteiger partial charge in [0.05, 0.1) is 5.69 Å². The second-order valence-electron chi connectivity index (χ2n) is 5.60. The van der Waals surface area contributed by atoms with Gasteiger partial charge < -0.3 is 15.5 Å². The minimum atomic E-state index is -0.189. The summed E-state index contributed by atoms with van der Waals surface area (Å²) >= 11 is 1.40. The molecule has 0 bridgehead atoms. The normalized spacial score (nSPS) is 15.4. The monoisotopic (exact) mass is 324 g/mol. The Kier molecular flexibility index (Phi) is 6.18. The third-order valence-electron chi connectivity index (χ3n) is 3.78. The van der Waals surface area contributed by atoms with E-state index in [1.54, 1.807) is 4.90 Å². The van der Waals surface area contributed by atoms with Crippen molar-refractivity contribution in [2.45, 2.75) is 52.0 Å². The fraction of sp³-hybridized carbons (Fsp3) is 0.667. The van der Waals surface area contributed by atoms with Crippen molar-refractivity contribution in [3.63, 3.8) is 0 Å². The van der Waals surface area contributed by atoms with Crippen LogP contribution in [0.1, 0.15) is 44.7 Å². The first-order valence-electron chi connectivity index (χ1n) is 7.86. The molecule has 0 aliphatic heterocycles. The van der Waals surface area contributed by atoms with Gasteiger partial charge >= 0.3 is 6.03 Å². The lowest BCUT2D eigenvalue weighted by atomic mass is 9.94. The van der Waals surface area contributed by atoms with E-state index >= 15 is 0 Å². The second kappa shape index (κ2) is 8.12. The van der Waals surface area contributed by atoms with Crippen LogP contribution in [0.3, 0.4) is 0 Å². The number of aromatic nitrogens is 1. The number of carbonyl (C=O) groups is 2. The van der Waals surface area contributed by atoms with Crippen molar-refractivity contribution in [2.75, 3.05) is 18.4 Å². The molecule has 0 aromatic carbocycles. The number of carbonyl (C=O) groups excluding carboxylic acids is 2. The lowest BCUT2D eigenvalue weighted by Gasteiger charge is -2.33. The van der Waals surface area contributed by atoms with Gasteiger partial charge in [-0.3, -0.25) is 4.79 Å². The van der Waals surface area contributed by atoms with Crippen LogP contribution >= 0.6 is 11.3 Å². The molecular formula is C15H24N4O2S.